The van der Waals surface area contributed by atoms with Gasteiger partial charge in [0.25, 0.3) is 5.91 Å². The number of rotatable bonds is 4. The minimum atomic E-state index is -0.829. The van der Waals surface area contributed by atoms with Gasteiger partial charge < -0.3 is 25.8 Å². The first kappa shape index (κ1) is 18.8. The van der Waals surface area contributed by atoms with E-state index in [9.17, 15) is 14.4 Å². The highest BCUT2D eigenvalue weighted by Crippen LogP contribution is 2.40. The summed E-state index contributed by atoms with van der Waals surface area (Å²) in [6.45, 7) is 5.16. The van der Waals surface area contributed by atoms with Gasteiger partial charge in [-0.15, -0.1) is 11.3 Å². The third kappa shape index (κ3) is 4.05. The van der Waals surface area contributed by atoms with Crippen LogP contribution >= 0.6 is 11.3 Å². The Morgan fingerprint density at radius 1 is 1.31 bits per heavy atom. The average molecular weight is 381 g/mol. The van der Waals surface area contributed by atoms with Gasteiger partial charge in [-0.25, -0.2) is 0 Å². The smallest absolute Gasteiger partial charge is 0.314 e. The van der Waals surface area contributed by atoms with Gasteiger partial charge >= 0.3 is 11.8 Å². The zero-order valence-corrected chi connectivity index (χ0v) is 15.7. The number of ether oxygens (including phenoxy) is 2. The zero-order chi connectivity index (χ0) is 18.9. The van der Waals surface area contributed by atoms with Gasteiger partial charge in [0.1, 0.15) is 5.00 Å². The van der Waals surface area contributed by atoms with Crippen LogP contribution in [0.3, 0.4) is 0 Å². The van der Waals surface area contributed by atoms with E-state index in [1.807, 2.05) is 13.8 Å². The van der Waals surface area contributed by atoms with Crippen LogP contribution in [0, 0.1) is 0 Å². The lowest BCUT2D eigenvalue weighted by Crippen LogP contribution is -2.39. The fourth-order valence-corrected chi connectivity index (χ4v) is 4.29. The number of anilines is 1. The fourth-order valence-electron chi connectivity index (χ4n) is 3.15. The zero-order valence-electron chi connectivity index (χ0n) is 14.8. The van der Waals surface area contributed by atoms with Gasteiger partial charge in [0.15, 0.2) is 0 Å². The number of primary amides is 1. The summed E-state index contributed by atoms with van der Waals surface area (Å²) in [6, 6.07) is 0. The molecule has 0 saturated carbocycles. The highest BCUT2D eigenvalue weighted by atomic mass is 32.1. The SMILES string of the molecule is CC1(C)Cc2c(sc(NC(=O)C(=O)NC[C@@H]3CCCO3)c2C(N)=O)CO1. The van der Waals surface area contributed by atoms with E-state index < -0.39 is 23.3 Å². The average Bonchev–Trinajstić information content (AvgIpc) is 3.18. The van der Waals surface area contributed by atoms with Gasteiger partial charge in [0.05, 0.1) is 23.9 Å². The summed E-state index contributed by atoms with van der Waals surface area (Å²) in [5, 5.41) is 5.37. The maximum absolute atomic E-state index is 12.2. The second kappa shape index (κ2) is 7.34. The van der Waals surface area contributed by atoms with Crippen LogP contribution in [0.1, 0.15) is 47.5 Å². The van der Waals surface area contributed by atoms with Crippen LogP contribution in [-0.4, -0.2) is 42.6 Å². The molecule has 0 radical (unpaired) electrons. The van der Waals surface area contributed by atoms with Crippen LogP contribution in [0.2, 0.25) is 0 Å². The van der Waals surface area contributed by atoms with Crippen molar-refractivity contribution in [3.05, 3.63) is 16.0 Å². The Hall–Kier alpha value is -1.97. The molecule has 0 aliphatic carbocycles. The molecule has 1 aromatic rings. The number of hydrogen-bond donors (Lipinski definition) is 3. The Bertz CT molecular complexity index is 737. The van der Waals surface area contributed by atoms with Gasteiger partial charge in [-0.2, -0.15) is 0 Å². The fraction of sp³-hybridized carbons (Fsp3) is 0.588. The molecule has 2 aliphatic heterocycles. The number of carbonyl (C=O) groups excluding carboxylic acids is 3. The quantitative estimate of drug-likeness (QED) is 0.670. The monoisotopic (exact) mass is 381 g/mol. The van der Waals surface area contributed by atoms with Crippen molar-refractivity contribution in [1.29, 1.82) is 0 Å². The number of amides is 3. The summed E-state index contributed by atoms with van der Waals surface area (Å²) in [5.74, 6) is -2.22. The Balaban J connectivity index is 1.70. The number of hydrogen-bond acceptors (Lipinski definition) is 6. The van der Waals surface area contributed by atoms with Crippen LogP contribution < -0.4 is 16.4 Å². The molecule has 3 amide bonds. The van der Waals surface area contributed by atoms with Crippen LogP contribution in [0.15, 0.2) is 0 Å². The van der Waals surface area contributed by atoms with E-state index in [0.29, 0.717) is 24.6 Å². The lowest BCUT2D eigenvalue weighted by molar-refractivity contribution is -0.136. The minimum Gasteiger partial charge on any atom is -0.376 e. The number of nitrogens with two attached hydrogens (primary N) is 1. The largest absolute Gasteiger partial charge is 0.376 e. The third-order valence-electron chi connectivity index (χ3n) is 4.48. The highest BCUT2D eigenvalue weighted by Gasteiger charge is 2.33. The molecule has 3 rings (SSSR count). The molecule has 8 nitrogen and oxygen atoms in total. The van der Waals surface area contributed by atoms with E-state index in [2.05, 4.69) is 10.6 Å². The second-order valence-electron chi connectivity index (χ2n) is 7.10. The predicted molar refractivity (Wildman–Crippen MR) is 96.0 cm³/mol. The minimum absolute atomic E-state index is 0.0543. The first-order valence-electron chi connectivity index (χ1n) is 8.56. The first-order chi connectivity index (χ1) is 12.3. The van der Waals surface area contributed by atoms with E-state index in [0.717, 1.165) is 23.3 Å². The molecule has 1 saturated heterocycles. The van der Waals surface area contributed by atoms with Crippen molar-refractivity contribution >= 4 is 34.1 Å². The van der Waals surface area contributed by atoms with Crippen molar-refractivity contribution < 1.29 is 23.9 Å². The third-order valence-corrected chi connectivity index (χ3v) is 5.60. The van der Waals surface area contributed by atoms with Crippen LogP contribution in [0.5, 0.6) is 0 Å². The van der Waals surface area contributed by atoms with Crippen LogP contribution in [-0.2, 0) is 32.1 Å². The van der Waals surface area contributed by atoms with Crippen molar-refractivity contribution in [2.24, 2.45) is 5.73 Å². The Labute approximate surface area is 155 Å². The molecule has 9 heteroatoms. The molecule has 0 aromatic carbocycles. The van der Waals surface area contributed by atoms with Crippen molar-refractivity contribution in [3.63, 3.8) is 0 Å². The normalized spacial score (nSPS) is 21.1. The lowest BCUT2D eigenvalue weighted by Gasteiger charge is -2.30. The van der Waals surface area contributed by atoms with Crippen molar-refractivity contribution in [2.75, 3.05) is 18.5 Å². The van der Waals surface area contributed by atoms with E-state index in [1.54, 1.807) is 0 Å². The summed E-state index contributed by atoms with van der Waals surface area (Å²) in [4.78, 5) is 37.0. The molecule has 1 aromatic heterocycles. The van der Waals surface area contributed by atoms with E-state index in [4.69, 9.17) is 15.2 Å². The molecular formula is C17H23N3O5S. The number of thiophene rings is 1. The van der Waals surface area contributed by atoms with Crippen molar-refractivity contribution in [1.82, 2.24) is 5.32 Å². The number of carbonyl (C=O) groups is 3. The summed E-state index contributed by atoms with van der Waals surface area (Å²) >= 11 is 1.22. The molecule has 4 N–H and O–H groups in total. The number of nitrogens with one attached hydrogen (secondary N) is 2. The van der Waals surface area contributed by atoms with E-state index in [-0.39, 0.29) is 18.2 Å². The van der Waals surface area contributed by atoms with Gasteiger partial charge in [-0.3, -0.25) is 14.4 Å². The van der Waals surface area contributed by atoms with Gasteiger partial charge in [0, 0.05) is 24.4 Å². The summed E-state index contributed by atoms with van der Waals surface area (Å²) in [7, 11) is 0. The number of fused-ring (bicyclic) bond motifs is 1. The molecule has 0 unspecified atom stereocenters. The molecule has 3 heterocycles. The standard InChI is InChI=1S/C17H23N3O5S/c1-17(2)6-10-11(8-25-17)26-16(12(10)13(18)21)20-15(23)14(22)19-7-9-4-3-5-24-9/h9H,3-8H2,1-2H3,(H2,18,21)(H,19,22)(H,20,23)/t9-/m0/s1. The topological polar surface area (TPSA) is 120 Å². The molecule has 142 valence electrons. The van der Waals surface area contributed by atoms with Crippen LogP contribution in [0.25, 0.3) is 0 Å². The van der Waals surface area contributed by atoms with Crippen LogP contribution in [0.4, 0.5) is 5.00 Å². The summed E-state index contributed by atoms with van der Waals surface area (Å²) in [5.41, 5.74) is 6.16. The van der Waals surface area contributed by atoms with Gasteiger partial charge in [0.2, 0.25) is 0 Å². The molecule has 1 fully saturated rings. The Morgan fingerprint density at radius 2 is 2.08 bits per heavy atom. The Morgan fingerprint density at radius 3 is 2.73 bits per heavy atom. The van der Waals surface area contributed by atoms with E-state index >= 15 is 0 Å². The molecular weight excluding hydrogens is 358 g/mol. The predicted octanol–water partition coefficient (Wildman–Crippen LogP) is 0.932. The lowest BCUT2D eigenvalue weighted by atomic mass is 9.93. The first-order valence-corrected chi connectivity index (χ1v) is 9.37. The Kier molecular flexibility index (Phi) is 5.31. The van der Waals surface area contributed by atoms with Gasteiger partial charge in [-0.1, -0.05) is 0 Å². The molecule has 0 spiro atoms. The van der Waals surface area contributed by atoms with Crippen molar-refractivity contribution in [2.45, 2.75) is 51.4 Å². The second-order valence-corrected chi connectivity index (χ2v) is 8.20. The molecule has 2 aliphatic rings. The van der Waals surface area contributed by atoms with E-state index in [1.165, 1.54) is 11.3 Å². The molecule has 1 atom stereocenters. The summed E-state index contributed by atoms with van der Waals surface area (Å²) in [6.07, 6.45) is 2.27. The molecule has 26 heavy (non-hydrogen) atoms. The maximum atomic E-state index is 12.2. The van der Waals surface area contributed by atoms with Gasteiger partial charge in [-0.05, 0) is 32.3 Å². The highest BCUT2D eigenvalue weighted by molar-refractivity contribution is 7.17. The van der Waals surface area contributed by atoms with Crippen molar-refractivity contribution in [3.8, 4) is 0 Å². The summed E-state index contributed by atoms with van der Waals surface area (Å²) < 4.78 is 11.1. The maximum Gasteiger partial charge on any atom is 0.314 e. The molecule has 0 bridgehead atoms.